The van der Waals surface area contributed by atoms with Crippen LogP contribution in [0.1, 0.15) is 33.2 Å². The number of hydrogen-bond donors (Lipinski definition) is 2. The smallest absolute Gasteiger partial charge is 0.255 e. The van der Waals surface area contributed by atoms with Gasteiger partial charge in [-0.25, -0.2) is 0 Å². The van der Waals surface area contributed by atoms with E-state index in [4.69, 9.17) is 0 Å². The van der Waals surface area contributed by atoms with Gasteiger partial charge in [-0.2, -0.15) is 0 Å². The molecule has 0 aliphatic heterocycles. The van der Waals surface area contributed by atoms with Crippen LogP contribution in [-0.4, -0.2) is 18.4 Å². The number of nitrogens with one attached hydrogen (secondary N) is 2. The van der Waals surface area contributed by atoms with Crippen LogP contribution < -0.4 is 10.6 Å². The Balaban J connectivity index is 2.01. The van der Waals surface area contributed by atoms with Gasteiger partial charge in [-0.05, 0) is 48.4 Å². The molecule has 0 saturated heterocycles. The minimum Gasteiger partial charge on any atom is -0.349 e. The average Bonchev–Trinajstić information content (AvgIpc) is 2.60. The Hall–Kier alpha value is -2.88. The van der Waals surface area contributed by atoms with E-state index in [9.17, 15) is 9.59 Å². The lowest BCUT2D eigenvalue weighted by atomic mass is 10.1. The molecule has 4 heteroatoms. The normalized spacial score (nSPS) is 9.96. The van der Waals surface area contributed by atoms with E-state index < -0.39 is 0 Å². The Bertz CT molecular complexity index is 688. The van der Waals surface area contributed by atoms with Crippen molar-refractivity contribution < 1.29 is 9.59 Å². The molecule has 0 fully saturated rings. The molecule has 0 bridgehead atoms. The van der Waals surface area contributed by atoms with Gasteiger partial charge < -0.3 is 10.6 Å². The Labute approximate surface area is 136 Å². The maximum Gasteiger partial charge on any atom is 0.255 e. The maximum absolute atomic E-state index is 12.2. The first kappa shape index (κ1) is 16.5. The zero-order chi connectivity index (χ0) is 16.7. The van der Waals surface area contributed by atoms with Crippen LogP contribution in [0.5, 0.6) is 0 Å². The molecular formula is C19H20N2O2. The average molecular weight is 308 g/mol. The zero-order valence-electron chi connectivity index (χ0n) is 13.1. The molecule has 4 nitrogen and oxygen atoms in total. The second kappa shape index (κ2) is 7.94. The van der Waals surface area contributed by atoms with Crippen LogP contribution in [-0.2, 0) is 6.42 Å². The first-order valence-electron chi connectivity index (χ1n) is 7.53. The molecule has 0 unspecified atom stereocenters. The Morgan fingerprint density at radius 3 is 2.04 bits per heavy atom. The van der Waals surface area contributed by atoms with E-state index in [0.29, 0.717) is 17.7 Å². The molecule has 23 heavy (non-hydrogen) atoms. The molecule has 2 N–H and O–H groups in total. The number of benzene rings is 2. The van der Waals surface area contributed by atoms with E-state index in [1.54, 1.807) is 30.3 Å². The highest BCUT2D eigenvalue weighted by Crippen LogP contribution is 2.12. The van der Waals surface area contributed by atoms with Gasteiger partial charge in [0.15, 0.2) is 0 Å². The van der Waals surface area contributed by atoms with Gasteiger partial charge in [-0.15, -0.1) is 6.58 Å². The van der Waals surface area contributed by atoms with Gasteiger partial charge in [0.2, 0.25) is 0 Å². The highest BCUT2D eigenvalue weighted by Gasteiger charge is 2.08. The molecule has 2 rings (SSSR count). The molecule has 0 aliphatic rings. The fourth-order valence-electron chi connectivity index (χ4n) is 2.07. The second-order valence-corrected chi connectivity index (χ2v) is 5.08. The van der Waals surface area contributed by atoms with Crippen LogP contribution >= 0.6 is 0 Å². The lowest BCUT2D eigenvalue weighted by Crippen LogP contribution is -2.23. The summed E-state index contributed by atoms with van der Waals surface area (Å²) in [5, 5.41) is 5.53. The van der Waals surface area contributed by atoms with E-state index in [2.05, 4.69) is 24.1 Å². The fraction of sp³-hybridized carbons (Fsp3) is 0.158. The molecule has 0 aromatic heterocycles. The quantitative estimate of drug-likeness (QED) is 0.803. The SMILES string of the molecule is C=CCNC(=O)c1ccc(C(=O)Nc2ccc(CC)cc2)cc1. The molecule has 2 aromatic rings. The summed E-state index contributed by atoms with van der Waals surface area (Å²) in [6.45, 7) is 6.04. The van der Waals surface area contributed by atoms with E-state index in [1.807, 2.05) is 24.3 Å². The Morgan fingerprint density at radius 1 is 0.957 bits per heavy atom. The van der Waals surface area contributed by atoms with E-state index >= 15 is 0 Å². The van der Waals surface area contributed by atoms with Crippen molar-refractivity contribution in [2.24, 2.45) is 0 Å². The Kier molecular flexibility index (Phi) is 5.69. The third-order valence-corrected chi connectivity index (χ3v) is 3.44. The van der Waals surface area contributed by atoms with E-state index in [1.165, 1.54) is 5.56 Å². The topological polar surface area (TPSA) is 58.2 Å². The highest BCUT2D eigenvalue weighted by atomic mass is 16.2. The molecular weight excluding hydrogens is 288 g/mol. The van der Waals surface area contributed by atoms with Crippen LogP contribution in [0, 0.1) is 0 Å². The summed E-state index contributed by atoms with van der Waals surface area (Å²) in [4.78, 5) is 24.0. The minimum absolute atomic E-state index is 0.188. The summed E-state index contributed by atoms with van der Waals surface area (Å²) < 4.78 is 0. The molecule has 0 saturated carbocycles. The largest absolute Gasteiger partial charge is 0.349 e. The molecule has 2 amide bonds. The van der Waals surface area contributed by atoms with Gasteiger partial charge >= 0.3 is 0 Å². The van der Waals surface area contributed by atoms with E-state index in [0.717, 1.165) is 12.1 Å². The van der Waals surface area contributed by atoms with Crippen molar-refractivity contribution in [3.63, 3.8) is 0 Å². The second-order valence-electron chi connectivity index (χ2n) is 5.08. The van der Waals surface area contributed by atoms with Gasteiger partial charge in [0.05, 0.1) is 0 Å². The number of amides is 2. The van der Waals surface area contributed by atoms with Crippen LogP contribution in [0.2, 0.25) is 0 Å². The summed E-state index contributed by atoms with van der Waals surface area (Å²) in [7, 11) is 0. The van der Waals surface area contributed by atoms with Gasteiger partial charge in [0.25, 0.3) is 11.8 Å². The first-order valence-corrected chi connectivity index (χ1v) is 7.53. The number of rotatable bonds is 6. The summed E-state index contributed by atoms with van der Waals surface area (Å²) >= 11 is 0. The van der Waals surface area contributed by atoms with Crippen molar-refractivity contribution in [2.75, 3.05) is 11.9 Å². The standard InChI is InChI=1S/C19H20N2O2/c1-3-13-20-18(22)15-7-9-16(10-8-15)19(23)21-17-11-5-14(4-2)6-12-17/h3,5-12H,1,4,13H2,2H3,(H,20,22)(H,21,23). The number of carbonyl (C=O) groups is 2. The minimum atomic E-state index is -0.202. The van der Waals surface area contributed by atoms with Crippen molar-refractivity contribution in [1.29, 1.82) is 0 Å². The lowest BCUT2D eigenvalue weighted by molar-refractivity contribution is 0.0956. The number of hydrogen-bond acceptors (Lipinski definition) is 2. The van der Waals surface area contributed by atoms with Crippen molar-refractivity contribution >= 4 is 17.5 Å². The molecule has 0 aliphatic carbocycles. The number of aryl methyl sites for hydroxylation is 1. The van der Waals surface area contributed by atoms with Crippen molar-refractivity contribution in [3.8, 4) is 0 Å². The molecule has 2 aromatic carbocycles. The fourth-order valence-corrected chi connectivity index (χ4v) is 2.07. The van der Waals surface area contributed by atoms with Crippen molar-refractivity contribution in [3.05, 3.63) is 77.9 Å². The van der Waals surface area contributed by atoms with Gasteiger partial charge in [-0.3, -0.25) is 9.59 Å². The molecule has 0 radical (unpaired) electrons. The monoisotopic (exact) mass is 308 g/mol. The van der Waals surface area contributed by atoms with Gasteiger partial charge in [0.1, 0.15) is 0 Å². The van der Waals surface area contributed by atoms with Crippen LogP contribution in [0.4, 0.5) is 5.69 Å². The van der Waals surface area contributed by atoms with Crippen molar-refractivity contribution in [2.45, 2.75) is 13.3 Å². The van der Waals surface area contributed by atoms with Crippen molar-refractivity contribution in [1.82, 2.24) is 5.32 Å². The van der Waals surface area contributed by atoms with Crippen LogP contribution in [0.25, 0.3) is 0 Å². The first-order chi connectivity index (χ1) is 11.1. The molecule has 0 spiro atoms. The third-order valence-electron chi connectivity index (χ3n) is 3.44. The van der Waals surface area contributed by atoms with Gasteiger partial charge in [0, 0.05) is 23.4 Å². The number of carbonyl (C=O) groups excluding carboxylic acids is 2. The number of anilines is 1. The van der Waals surface area contributed by atoms with Crippen LogP contribution in [0.15, 0.2) is 61.2 Å². The lowest BCUT2D eigenvalue weighted by Gasteiger charge is -2.07. The summed E-state index contributed by atoms with van der Waals surface area (Å²) in [6.07, 6.45) is 2.58. The van der Waals surface area contributed by atoms with Gasteiger partial charge in [-0.1, -0.05) is 25.1 Å². The zero-order valence-corrected chi connectivity index (χ0v) is 13.1. The maximum atomic E-state index is 12.2. The molecule has 0 atom stereocenters. The van der Waals surface area contributed by atoms with Crippen LogP contribution in [0.3, 0.4) is 0 Å². The third kappa shape index (κ3) is 4.54. The predicted molar refractivity (Wildman–Crippen MR) is 92.7 cm³/mol. The highest BCUT2D eigenvalue weighted by molar-refractivity contribution is 6.05. The summed E-state index contributed by atoms with van der Waals surface area (Å²) in [5.41, 5.74) is 2.98. The molecule has 0 heterocycles. The molecule has 118 valence electrons. The summed E-state index contributed by atoms with van der Waals surface area (Å²) in [5.74, 6) is -0.390. The predicted octanol–water partition coefficient (Wildman–Crippen LogP) is 3.42. The summed E-state index contributed by atoms with van der Waals surface area (Å²) in [6, 6.07) is 14.3. The Morgan fingerprint density at radius 2 is 1.52 bits per heavy atom. The van der Waals surface area contributed by atoms with E-state index in [-0.39, 0.29) is 11.8 Å².